The van der Waals surface area contributed by atoms with E-state index in [0.717, 1.165) is 11.1 Å². The predicted octanol–water partition coefficient (Wildman–Crippen LogP) is 2.97. The van der Waals surface area contributed by atoms with Gasteiger partial charge in [0.2, 0.25) is 11.8 Å². The third-order valence-corrected chi connectivity index (χ3v) is 7.68. The van der Waals surface area contributed by atoms with Crippen LogP contribution in [0.15, 0.2) is 70.3 Å². The monoisotopic (exact) mass is 457 g/mol. The summed E-state index contributed by atoms with van der Waals surface area (Å²) in [7, 11) is -3.10. The van der Waals surface area contributed by atoms with Crippen molar-refractivity contribution in [2.24, 2.45) is 0 Å². The van der Waals surface area contributed by atoms with E-state index in [-0.39, 0.29) is 29.2 Å². The van der Waals surface area contributed by atoms with Gasteiger partial charge in [-0.25, -0.2) is 8.42 Å². The van der Waals surface area contributed by atoms with Crippen LogP contribution in [0.1, 0.15) is 23.4 Å². The lowest BCUT2D eigenvalue weighted by atomic mass is 10.1. The van der Waals surface area contributed by atoms with Gasteiger partial charge in [0.15, 0.2) is 9.84 Å². The topological polar surface area (TPSA) is 93.4 Å². The Labute approximate surface area is 185 Å². The average Bonchev–Trinajstić information content (AvgIpc) is 3.37. The third kappa shape index (κ3) is 5.95. The fourth-order valence-electron chi connectivity index (χ4n) is 3.57. The molecule has 1 amide bonds. The number of aromatic nitrogens is 2. The molecule has 9 heteroatoms. The maximum Gasteiger partial charge on any atom is 0.277 e. The molecule has 1 atom stereocenters. The van der Waals surface area contributed by atoms with Crippen molar-refractivity contribution in [2.75, 3.05) is 17.3 Å². The second-order valence-electron chi connectivity index (χ2n) is 7.48. The van der Waals surface area contributed by atoms with Crippen LogP contribution in [0.3, 0.4) is 0 Å². The molecular formula is C22H23N3O4S2. The van der Waals surface area contributed by atoms with E-state index in [1.807, 2.05) is 60.7 Å². The fraction of sp³-hybridized carbons (Fsp3) is 0.318. The Morgan fingerprint density at radius 3 is 2.35 bits per heavy atom. The summed E-state index contributed by atoms with van der Waals surface area (Å²) in [5, 5.41) is 8.42. The summed E-state index contributed by atoms with van der Waals surface area (Å²) in [4.78, 5) is 14.7. The van der Waals surface area contributed by atoms with Gasteiger partial charge in [0.05, 0.1) is 23.7 Å². The maximum absolute atomic E-state index is 13.0. The zero-order chi connectivity index (χ0) is 21.7. The summed E-state index contributed by atoms with van der Waals surface area (Å²) in [5.41, 5.74) is 2.03. The lowest BCUT2D eigenvalue weighted by molar-refractivity contribution is -0.130. The number of sulfone groups is 1. The maximum atomic E-state index is 13.0. The number of hydrogen-bond acceptors (Lipinski definition) is 7. The number of hydrogen-bond donors (Lipinski definition) is 0. The van der Waals surface area contributed by atoms with Gasteiger partial charge in [-0.1, -0.05) is 72.4 Å². The minimum absolute atomic E-state index is 0.0119. The van der Waals surface area contributed by atoms with E-state index in [1.165, 1.54) is 11.8 Å². The van der Waals surface area contributed by atoms with Crippen molar-refractivity contribution in [3.63, 3.8) is 0 Å². The molecule has 2 heterocycles. The predicted molar refractivity (Wildman–Crippen MR) is 118 cm³/mol. The number of carbonyl (C=O) groups excluding carboxylic acids is 1. The molecule has 0 N–H and O–H groups in total. The largest absolute Gasteiger partial charge is 0.416 e. The van der Waals surface area contributed by atoms with Crippen LogP contribution >= 0.6 is 11.8 Å². The van der Waals surface area contributed by atoms with E-state index >= 15 is 0 Å². The Kier molecular flexibility index (Phi) is 6.72. The first-order valence-corrected chi connectivity index (χ1v) is 12.8. The molecule has 0 saturated carbocycles. The van der Waals surface area contributed by atoms with Crippen molar-refractivity contribution in [3.05, 3.63) is 77.7 Å². The first-order valence-electron chi connectivity index (χ1n) is 10.0. The standard InChI is InChI=1S/C22H23N3O4S2/c26-21(15-30-22-24-23-20(29-22)13-17-7-3-1-4-8-17)25(14-18-9-5-2-6-10-18)19-11-12-31(27,28)16-19/h1-10,19H,11-16H2. The van der Waals surface area contributed by atoms with Crippen LogP contribution in [0.4, 0.5) is 0 Å². The Bertz CT molecular complexity index is 1120. The molecule has 0 bridgehead atoms. The Morgan fingerprint density at radius 1 is 1.03 bits per heavy atom. The molecule has 4 rings (SSSR count). The number of benzene rings is 2. The Morgan fingerprint density at radius 2 is 1.71 bits per heavy atom. The molecule has 162 valence electrons. The van der Waals surface area contributed by atoms with Crippen molar-refractivity contribution >= 4 is 27.5 Å². The number of thioether (sulfide) groups is 1. The van der Waals surface area contributed by atoms with Crippen molar-refractivity contribution in [3.8, 4) is 0 Å². The molecule has 1 unspecified atom stereocenters. The molecule has 0 spiro atoms. The molecule has 1 saturated heterocycles. The molecule has 7 nitrogen and oxygen atoms in total. The molecule has 2 aromatic carbocycles. The van der Waals surface area contributed by atoms with E-state index in [2.05, 4.69) is 10.2 Å². The Balaban J connectivity index is 1.40. The second kappa shape index (κ2) is 9.65. The highest BCUT2D eigenvalue weighted by molar-refractivity contribution is 7.99. The highest BCUT2D eigenvalue weighted by atomic mass is 32.2. The lowest BCUT2D eigenvalue weighted by Gasteiger charge is -2.28. The van der Waals surface area contributed by atoms with Gasteiger partial charge in [0.1, 0.15) is 0 Å². The van der Waals surface area contributed by atoms with Crippen LogP contribution in [0.2, 0.25) is 0 Å². The summed E-state index contributed by atoms with van der Waals surface area (Å²) < 4.78 is 29.6. The zero-order valence-electron chi connectivity index (χ0n) is 16.9. The molecular weight excluding hydrogens is 434 g/mol. The molecule has 0 radical (unpaired) electrons. The van der Waals surface area contributed by atoms with Crippen molar-refractivity contribution < 1.29 is 17.6 Å². The molecule has 1 aliphatic heterocycles. The lowest BCUT2D eigenvalue weighted by Crippen LogP contribution is -2.41. The van der Waals surface area contributed by atoms with E-state index in [4.69, 9.17) is 4.42 Å². The van der Waals surface area contributed by atoms with Crippen molar-refractivity contribution in [1.29, 1.82) is 0 Å². The van der Waals surface area contributed by atoms with Gasteiger partial charge in [0.25, 0.3) is 5.22 Å². The van der Waals surface area contributed by atoms with Crippen LogP contribution in [0.25, 0.3) is 0 Å². The fourth-order valence-corrected chi connectivity index (χ4v) is 5.96. The van der Waals surface area contributed by atoms with Crippen LogP contribution < -0.4 is 0 Å². The van der Waals surface area contributed by atoms with Gasteiger partial charge in [-0.15, -0.1) is 10.2 Å². The molecule has 1 aliphatic rings. The normalized spacial score (nSPS) is 17.5. The van der Waals surface area contributed by atoms with Gasteiger partial charge < -0.3 is 9.32 Å². The van der Waals surface area contributed by atoms with Crippen LogP contribution in [-0.4, -0.2) is 52.7 Å². The number of nitrogens with zero attached hydrogens (tertiary/aromatic N) is 3. The molecule has 31 heavy (non-hydrogen) atoms. The zero-order valence-corrected chi connectivity index (χ0v) is 18.5. The SMILES string of the molecule is O=C(CSc1nnc(Cc2ccccc2)o1)N(Cc1ccccc1)C1CCS(=O)(=O)C1. The Hall–Kier alpha value is -2.65. The second-order valence-corrected chi connectivity index (χ2v) is 10.6. The highest BCUT2D eigenvalue weighted by Gasteiger charge is 2.34. The van der Waals surface area contributed by atoms with Crippen LogP contribution in [0.5, 0.6) is 0 Å². The molecule has 1 aromatic heterocycles. The minimum Gasteiger partial charge on any atom is -0.416 e. The van der Waals surface area contributed by atoms with Gasteiger partial charge in [-0.2, -0.15) is 0 Å². The summed E-state index contributed by atoms with van der Waals surface area (Å²) in [6, 6.07) is 19.1. The number of carbonyl (C=O) groups is 1. The summed E-state index contributed by atoms with van der Waals surface area (Å²) >= 11 is 1.18. The van der Waals surface area contributed by atoms with E-state index in [1.54, 1.807) is 4.90 Å². The number of rotatable bonds is 8. The van der Waals surface area contributed by atoms with Gasteiger partial charge in [0, 0.05) is 12.6 Å². The molecule has 1 fully saturated rings. The van der Waals surface area contributed by atoms with Crippen molar-refractivity contribution in [2.45, 2.75) is 30.7 Å². The summed E-state index contributed by atoms with van der Waals surface area (Å²) in [6.45, 7) is 0.378. The van der Waals surface area contributed by atoms with Gasteiger partial charge >= 0.3 is 0 Å². The molecule has 3 aromatic rings. The minimum atomic E-state index is -3.10. The first-order chi connectivity index (χ1) is 15.0. The van der Waals surface area contributed by atoms with Crippen LogP contribution in [0, 0.1) is 0 Å². The highest BCUT2D eigenvalue weighted by Crippen LogP contribution is 2.23. The quantitative estimate of drug-likeness (QED) is 0.480. The first kappa shape index (κ1) is 21.6. The average molecular weight is 458 g/mol. The smallest absolute Gasteiger partial charge is 0.277 e. The third-order valence-electron chi connectivity index (χ3n) is 5.13. The summed E-state index contributed by atoms with van der Waals surface area (Å²) in [6.07, 6.45) is 0.996. The molecule has 0 aliphatic carbocycles. The summed E-state index contributed by atoms with van der Waals surface area (Å²) in [5.74, 6) is 0.590. The van der Waals surface area contributed by atoms with Crippen molar-refractivity contribution in [1.82, 2.24) is 15.1 Å². The number of amides is 1. The van der Waals surface area contributed by atoms with Gasteiger partial charge in [-0.3, -0.25) is 4.79 Å². The van der Waals surface area contributed by atoms with E-state index < -0.39 is 9.84 Å². The van der Waals surface area contributed by atoms with E-state index in [0.29, 0.717) is 30.5 Å². The van der Waals surface area contributed by atoms with Gasteiger partial charge in [-0.05, 0) is 17.5 Å². The van der Waals surface area contributed by atoms with E-state index in [9.17, 15) is 13.2 Å². The van der Waals surface area contributed by atoms with Crippen LogP contribution in [-0.2, 0) is 27.6 Å².